The maximum absolute atomic E-state index is 12.1. The summed E-state index contributed by atoms with van der Waals surface area (Å²) in [5, 5.41) is 4.77. The Morgan fingerprint density at radius 1 is 1.30 bits per heavy atom. The summed E-state index contributed by atoms with van der Waals surface area (Å²) in [6.45, 7) is 0. The van der Waals surface area contributed by atoms with Crippen molar-refractivity contribution in [3.63, 3.8) is 0 Å². The van der Waals surface area contributed by atoms with Gasteiger partial charge in [0, 0.05) is 15.8 Å². The summed E-state index contributed by atoms with van der Waals surface area (Å²) in [5.74, 6) is 0.208. The quantitative estimate of drug-likeness (QED) is 0.498. The molecule has 1 saturated carbocycles. The van der Waals surface area contributed by atoms with E-state index in [0.717, 1.165) is 17.5 Å². The van der Waals surface area contributed by atoms with Crippen molar-refractivity contribution in [2.45, 2.75) is 17.2 Å². The van der Waals surface area contributed by atoms with Gasteiger partial charge < -0.3 is 0 Å². The van der Waals surface area contributed by atoms with Gasteiger partial charge in [-0.3, -0.25) is 4.79 Å². The van der Waals surface area contributed by atoms with Crippen LogP contribution in [-0.2, 0) is 4.79 Å². The van der Waals surface area contributed by atoms with E-state index in [1.807, 2.05) is 54.8 Å². The molecule has 0 aliphatic heterocycles. The van der Waals surface area contributed by atoms with E-state index in [1.54, 1.807) is 18.0 Å². The van der Waals surface area contributed by atoms with Crippen LogP contribution >= 0.6 is 23.4 Å². The van der Waals surface area contributed by atoms with E-state index in [2.05, 4.69) is 10.5 Å². The average molecular weight is 345 g/mol. The zero-order valence-corrected chi connectivity index (χ0v) is 14.3. The Balaban J connectivity index is 1.55. The summed E-state index contributed by atoms with van der Waals surface area (Å²) in [7, 11) is 0. The normalized spacial score (nSPS) is 19.7. The van der Waals surface area contributed by atoms with Crippen LogP contribution in [0.2, 0.25) is 5.02 Å². The van der Waals surface area contributed by atoms with Gasteiger partial charge in [0.2, 0.25) is 5.91 Å². The molecule has 23 heavy (non-hydrogen) atoms. The number of amides is 1. The van der Waals surface area contributed by atoms with Crippen LogP contribution in [0.1, 0.15) is 23.5 Å². The molecule has 5 heteroatoms. The molecule has 1 aliphatic carbocycles. The first-order valence-electron chi connectivity index (χ1n) is 7.40. The maximum Gasteiger partial charge on any atom is 0.243 e. The molecule has 1 amide bonds. The molecule has 1 N–H and O–H groups in total. The van der Waals surface area contributed by atoms with E-state index in [9.17, 15) is 4.79 Å². The Morgan fingerprint density at radius 2 is 2.13 bits per heavy atom. The molecule has 3 nitrogen and oxygen atoms in total. The molecule has 0 heterocycles. The fraction of sp³-hybridized carbons (Fsp3) is 0.222. The molecule has 0 saturated heterocycles. The summed E-state index contributed by atoms with van der Waals surface area (Å²) in [6, 6.07) is 15.7. The summed E-state index contributed by atoms with van der Waals surface area (Å²) in [6.07, 6.45) is 4.55. The molecule has 3 rings (SSSR count). The SMILES string of the molecule is CSc1cccc(C=NNC(=O)C2CC2c2cccc(Cl)c2)c1. The molecule has 118 valence electrons. The fourth-order valence-corrected chi connectivity index (χ4v) is 3.23. The standard InChI is InChI=1S/C18H17ClN2OS/c1-23-15-7-2-4-12(8-15)11-20-21-18(22)17-10-16(17)13-5-3-6-14(19)9-13/h2-9,11,16-17H,10H2,1H3,(H,21,22). The van der Waals surface area contributed by atoms with Gasteiger partial charge in [0.1, 0.15) is 0 Å². The smallest absolute Gasteiger partial charge is 0.243 e. The number of hydrogen-bond donors (Lipinski definition) is 1. The topological polar surface area (TPSA) is 41.5 Å². The van der Waals surface area contributed by atoms with Crippen LogP contribution < -0.4 is 5.43 Å². The molecule has 0 spiro atoms. The highest BCUT2D eigenvalue weighted by Gasteiger charge is 2.43. The number of hydrogen-bond acceptors (Lipinski definition) is 3. The van der Waals surface area contributed by atoms with Crippen molar-refractivity contribution in [1.82, 2.24) is 5.43 Å². The zero-order valence-electron chi connectivity index (χ0n) is 12.7. The number of thioether (sulfide) groups is 1. The minimum Gasteiger partial charge on any atom is -0.273 e. The van der Waals surface area contributed by atoms with Crippen LogP contribution in [0.5, 0.6) is 0 Å². The van der Waals surface area contributed by atoms with Crippen molar-refractivity contribution in [2.75, 3.05) is 6.26 Å². The van der Waals surface area contributed by atoms with Gasteiger partial charge in [-0.05, 0) is 54.0 Å². The second-order valence-electron chi connectivity index (χ2n) is 5.51. The van der Waals surface area contributed by atoms with Gasteiger partial charge in [-0.2, -0.15) is 5.10 Å². The lowest BCUT2D eigenvalue weighted by Crippen LogP contribution is -2.20. The number of nitrogens with zero attached hydrogens (tertiary/aromatic N) is 1. The molecule has 0 aromatic heterocycles. The second-order valence-corrected chi connectivity index (χ2v) is 6.83. The highest BCUT2D eigenvalue weighted by atomic mass is 35.5. The van der Waals surface area contributed by atoms with Crippen molar-refractivity contribution >= 4 is 35.5 Å². The molecule has 2 atom stereocenters. The molecule has 0 bridgehead atoms. The van der Waals surface area contributed by atoms with Crippen LogP contribution in [0.25, 0.3) is 0 Å². The molecule has 2 aromatic rings. The highest BCUT2D eigenvalue weighted by molar-refractivity contribution is 7.98. The maximum atomic E-state index is 12.1. The van der Waals surface area contributed by atoms with E-state index in [0.29, 0.717) is 5.02 Å². The molecule has 2 aromatic carbocycles. The lowest BCUT2D eigenvalue weighted by Gasteiger charge is -2.01. The van der Waals surface area contributed by atoms with E-state index in [4.69, 9.17) is 11.6 Å². The number of hydrazone groups is 1. The summed E-state index contributed by atoms with van der Waals surface area (Å²) in [5.41, 5.74) is 4.73. The van der Waals surface area contributed by atoms with Crippen LogP contribution in [0.3, 0.4) is 0 Å². The van der Waals surface area contributed by atoms with E-state index in [1.165, 1.54) is 4.90 Å². The number of nitrogens with one attached hydrogen (secondary N) is 1. The first kappa shape index (κ1) is 16.1. The van der Waals surface area contributed by atoms with Crippen LogP contribution in [0, 0.1) is 5.92 Å². The van der Waals surface area contributed by atoms with Crippen molar-refractivity contribution in [3.8, 4) is 0 Å². The minimum absolute atomic E-state index is 0.0110. The van der Waals surface area contributed by atoms with Crippen LogP contribution in [-0.4, -0.2) is 18.4 Å². The third-order valence-electron chi connectivity index (χ3n) is 3.89. The van der Waals surface area contributed by atoms with E-state index < -0.39 is 0 Å². The number of carbonyl (C=O) groups is 1. The monoisotopic (exact) mass is 344 g/mol. The van der Waals surface area contributed by atoms with Gasteiger partial charge >= 0.3 is 0 Å². The highest BCUT2D eigenvalue weighted by Crippen LogP contribution is 2.47. The first-order valence-corrected chi connectivity index (χ1v) is 9.00. The van der Waals surface area contributed by atoms with Crippen LogP contribution in [0.15, 0.2) is 58.5 Å². The Labute approximate surface area is 145 Å². The first-order chi connectivity index (χ1) is 11.2. The van der Waals surface area contributed by atoms with Gasteiger partial charge in [-0.25, -0.2) is 5.43 Å². The van der Waals surface area contributed by atoms with E-state index in [-0.39, 0.29) is 17.7 Å². The molecule has 2 unspecified atom stereocenters. The molecular formula is C18H17ClN2OS. The van der Waals surface area contributed by atoms with E-state index >= 15 is 0 Å². The van der Waals surface area contributed by atoms with Gasteiger partial charge in [-0.15, -0.1) is 11.8 Å². The predicted molar refractivity (Wildman–Crippen MR) is 96.3 cm³/mol. The van der Waals surface area contributed by atoms with Gasteiger partial charge in [0.25, 0.3) is 0 Å². The van der Waals surface area contributed by atoms with Gasteiger partial charge in [0.05, 0.1) is 6.21 Å². The Bertz CT molecular complexity index is 747. The number of carbonyl (C=O) groups excluding carboxylic acids is 1. The number of benzene rings is 2. The average Bonchev–Trinajstić information content (AvgIpc) is 3.36. The summed E-state index contributed by atoms with van der Waals surface area (Å²) >= 11 is 7.67. The molecule has 1 aliphatic rings. The number of rotatable bonds is 5. The summed E-state index contributed by atoms with van der Waals surface area (Å²) in [4.78, 5) is 13.3. The zero-order chi connectivity index (χ0) is 16.2. The third kappa shape index (κ3) is 4.15. The minimum atomic E-state index is -0.0350. The third-order valence-corrected chi connectivity index (χ3v) is 4.85. The Morgan fingerprint density at radius 3 is 2.91 bits per heavy atom. The van der Waals surface area contributed by atoms with Crippen LogP contribution in [0.4, 0.5) is 0 Å². The molecule has 1 fully saturated rings. The predicted octanol–water partition coefficient (Wildman–Crippen LogP) is 4.32. The largest absolute Gasteiger partial charge is 0.273 e. The number of halogens is 1. The summed E-state index contributed by atoms with van der Waals surface area (Å²) < 4.78 is 0. The fourth-order valence-electron chi connectivity index (χ4n) is 2.57. The lowest BCUT2D eigenvalue weighted by molar-refractivity contribution is -0.122. The molecule has 0 radical (unpaired) electrons. The second kappa shape index (κ2) is 7.20. The van der Waals surface area contributed by atoms with Gasteiger partial charge in [-0.1, -0.05) is 35.9 Å². The Kier molecular flexibility index (Phi) is 5.03. The van der Waals surface area contributed by atoms with Crippen molar-refractivity contribution in [3.05, 3.63) is 64.7 Å². The van der Waals surface area contributed by atoms with Gasteiger partial charge in [0.15, 0.2) is 0 Å². The van der Waals surface area contributed by atoms with Crippen molar-refractivity contribution in [2.24, 2.45) is 11.0 Å². The Hall–Kier alpha value is -1.78. The van der Waals surface area contributed by atoms with Crippen molar-refractivity contribution < 1.29 is 4.79 Å². The van der Waals surface area contributed by atoms with Crippen molar-refractivity contribution in [1.29, 1.82) is 0 Å². The lowest BCUT2D eigenvalue weighted by atomic mass is 10.1. The molecular weight excluding hydrogens is 328 g/mol.